The lowest BCUT2D eigenvalue weighted by molar-refractivity contribution is 0.414. The second-order valence-corrected chi connectivity index (χ2v) is 6.46. The van der Waals surface area contributed by atoms with E-state index in [9.17, 15) is 8.42 Å². The number of anilines is 1. The first-order chi connectivity index (χ1) is 9.92. The second kappa shape index (κ2) is 6.15. The molecule has 0 spiro atoms. The van der Waals surface area contributed by atoms with Gasteiger partial charge in [-0.15, -0.1) is 0 Å². The highest BCUT2D eigenvalue weighted by Gasteiger charge is 2.14. The van der Waals surface area contributed by atoms with Crippen LogP contribution in [0.4, 0.5) is 5.69 Å². The summed E-state index contributed by atoms with van der Waals surface area (Å²) in [6, 6.07) is 11.9. The first-order valence-electron chi connectivity index (χ1n) is 6.41. The average molecular weight is 306 g/mol. The molecule has 2 aromatic rings. The number of ether oxygens (including phenoxy) is 1. The van der Waals surface area contributed by atoms with Gasteiger partial charge in [0.25, 0.3) is 0 Å². The minimum atomic E-state index is -3.59. The maximum absolute atomic E-state index is 12.2. The molecule has 0 aromatic heterocycles. The van der Waals surface area contributed by atoms with Gasteiger partial charge >= 0.3 is 0 Å². The van der Waals surface area contributed by atoms with Crippen LogP contribution >= 0.6 is 0 Å². The SMILES string of the molecule is COc1cccc(CNS(=O)(=O)c2ccc(C)c(N)c2)c1. The van der Waals surface area contributed by atoms with E-state index in [0.717, 1.165) is 11.1 Å². The minimum Gasteiger partial charge on any atom is -0.497 e. The zero-order chi connectivity index (χ0) is 15.5. The quantitative estimate of drug-likeness (QED) is 0.829. The molecule has 0 amide bonds. The van der Waals surface area contributed by atoms with E-state index in [4.69, 9.17) is 10.5 Å². The fourth-order valence-electron chi connectivity index (χ4n) is 1.83. The van der Waals surface area contributed by atoms with Gasteiger partial charge < -0.3 is 10.5 Å². The monoisotopic (exact) mass is 306 g/mol. The topological polar surface area (TPSA) is 81.4 Å². The zero-order valence-corrected chi connectivity index (χ0v) is 12.8. The Labute approximate surface area is 124 Å². The van der Waals surface area contributed by atoms with Crippen molar-refractivity contribution >= 4 is 15.7 Å². The number of hydrogen-bond acceptors (Lipinski definition) is 4. The largest absolute Gasteiger partial charge is 0.497 e. The molecule has 2 rings (SSSR count). The lowest BCUT2D eigenvalue weighted by atomic mass is 10.2. The van der Waals surface area contributed by atoms with Crippen LogP contribution in [0.5, 0.6) is 5.75 Å². The Morgan fingerprint density at radius 1 is 1.19 bits per heavy atom. The molecule has 0 aliphatic heterocycles. The van der Waals surface area contributed by atoms with Crippen LogP contribution in [0.2, 0.25) is 0 Å². The van der Waals surface area contributed by atoms with Gasteiger partial charge in [-0.3, -0.25) is 0 Å². The van der Waals surface area contributed by atoms with E-state index in [0.29, 0.717) is 11.4 Å². The maximum atomic E-state index is 12.2. The summed E-state index contributed by atoms with van der Waals surface area (Å²) in [5, 5.41) is 0. The van der Waals surface area contributed by atoms with E-state index in [1.807, 2.05) is 19.1 Å². The van der Waals surface area contributed by atoms with E-state index in [1.165, 1.54) is 6.07 Å². The number of benzene rings is 2. The molecule has 0 aliphatic carbocycles. The Morgan fingerprint density at radius 3 is 2.62 bits per heavy atom. The highest BCUT2D eigenvalue weighted by Crippen LogP contribution is 2.18. The smallest absolute Gasteiger partial charge is 0.240 e. The zero-order valence-electron chi connectivity index (χ0n) is 12.0. The summed E-state index contributed by atoms with van der Waals surface area (Å²) >= 11 is 0. The molecule has 21 heavy (non-hydrogen) atoms. The van der Waals surface area contributed by atoms with E-state index in [2.05, 4.69) is 4.72 Å². The predicted octanol–water partition coefficient (Wildman–Crippen LogP) is 2.06. The van der Waals surface area contributed by atoms with Gasteiger partial charge in [0, 0.05) is 12.2 Å². The Hall–Kier alpha value is -2.05. The van der Waals surface area contributed by atoms with Crippen LogP contribution in [0.15, 0.2) is 47.4 Å². The third-order valence-electron chi connectivity index (χ3n) is 3.16. The fourth-order valence-corrected chi connectivity index (χ4v) is 2.88. The number of methoxy groups -OCH3 is 1. The van der Waals surface area contributed by atoms with Gasteiger partial charge in [-0.25, -0.2) is 13.1 Å². The molecule has 3 N–H and O–H groups in total. The molecule has 0 fully saturated rings. The molecule has 112 valence electrons. The standard InChI is InChI=1S/C15H18N2O3S/c1-11-6-7-14(9-15(11)16)21(18,19)17-10-12-4-3-5-13(8-12)20-2/h3-9,17H,10,16H2,1-2H3. The number of rotatable bonds is 5. The molecule has 6 heteroatoms. The number of sulfonamides is 1. The van der Waals surface area contributed by atoms with Crippen molar-refractivity contribution in [3.05, 3.63) is 53.6 Å². The van der Waals surface area contributed by atoms with Crippen LogP contribution in [-0.2, 0) is 16.6 Å². The summed E-state index contributed by atoms with van der Waals surface area (Å²) in [4.78, 5) is 0.161. The molecule has 0 atom stereocenters. The van der Waals surface area contributed by atoms with Crippen LogP contribution in [-0.4, -0.2) is 15.5 Å². The van der Waals surface area contributed by atoms with Crippen LogP contribution in [0.3, 0.4) is 0 Å². The molecule has 0 radical (unpaired) electrons. The van der Waals surface area contributed by atoms with Crippen LogP contribution in [0.1, 0.15) is 11.1 Å². The lowest BCUT2D eigenvalue weighted by Gasteiger charge is -2.09. The van der Waals surface area contributed by atoms with E-state index in [1.54, 1.807) is 31.4 Å². The number of nitrogens with two attached hydrogens (primary N) is 1. The van der Waals surface area contributed by atoms with E-state index >= 15 is 0 Å². The van der Waals surface area contributed by atoms with Crippen molar-refractivity contribution in [3.8, 4) is 5.75 Å². The molecular formula is C15H18N2O3S. The summed E-state index contributed by atoms with van der Waals surface area (Å²) in [5.41, 5.74) is 7.88. The molecule has 0 unspecified atom stereocenters. The molecular weight excluding hydrogens is 288 g/mol. The van der Waals surface area contributed by atoms with Gasteiger partial charge in [-0.2, -0.15) is 0 Å². The van der Waals surface area contributed by atoms with Crippen molar-refractivity contribution in [1.82, 2.24) is 4.72 Å². The molecule has 0 saturated carbocycles. The van der Waals surface area contributed by atoms with Gasteiger partial charge in [0.2, 0.25) is 10.0 Å². The van der Waals surface area contributed by atoms with Gasteiger partial charge in [0.15, 0.2) is 0 Å². The van der Waals surface area contributed by atoms with Gasteiger partial charge in [-0.05, 0) is 42.3 Å². The van der Waals surface area contributed by atoms with Gasteiger partial charge in [-0.1, -0.05) is 18.2 Å². The van der Waals surface area contributed by atoms with Crippen molar-refractivity contribution in [2.75, 3.05) is 12.8 Å². The second-order valence-electron chi connectivity index (χ2n) is 4.69. The van der Waals surface area contributed by atoms with Crippen molar-refractivity contribution in [3.63, 3.8) is 0 Å². The third-order valence-corrected chi connectivity index (χ3v) is 4.56. The number of aryl methyl sites for hydroxylation is 1. The number of nitrogens with one attached hydrogen (secondary N) is 1. The lowest BCUT2D eigenvalue weighted by Crippen LogP contribution is -2.23. The third kappa shape index (κ3) is 3.74. The maximum Gasteiger partial charge on any atom is 0.240 e. The molecule has 2 aromatic carbocycles. The number of nitrogen functional groups attached to an aromatic ring is 1. The highest BCUT2D eigenvalue weighted by atomic mass is 32.2. The summed E-state index contributed by atoms with van der Waals surface area (Å²) in [7, 11) is -2.02. The summed E-state index contributed by atoms with van der Waals surface area (Å²) < 4.78 is 32.1. The predicted molar refractivity (Wildman–Crippen MR) is 82.6 cm³/mol. The Bertz CT molecular complexity index is 742. The van der Waals surface area contributed by atoms with Crippen LogP contribution in [0, 0.1) is 6.92 Å². The van der Waals surface area contributed by atoms with Crippen molar-refractivity contribution < 1.29 is 13.2 Å². The molecule has 5 nitrogen and oxygen atoms in total. The first-order valence-corrected chi connectivity index (χ1v) is 7.89. The van der Waals surface area contributed by atoms with Crippen LogP contribution in [0.25, 0.3) is 0 Å². The molecule has 0 aliphatic rings. The average Bonchev–Trinajstić information content (AvgIpc) is 2.48. The number of hydrogen-bond donors (Lipinski definition) is 2. The molecule has 0 saturated heterocycles. The van der Waals surface area contributed by atoms with Gasteiger partial charge in [0.1, 0.15) is 5.75 Å². The van der Waals surface area contributed by atoms with Crippen molar-refractivity contribution in [2.45, 2.75) is 18.4 Å². The summed E-state index contributed by atoms with van der Waals surface area (Å²) in [6.07, 6.45) is 0. The normalized spacial score (nSPS) is 11.3. The molecule has 0 heterocycles. The van der Waals surface area contributed by atoms with Gasteiger partial charge in [0.05, 0.1) is 12.0 Å². The fraction of sp³-hybridized carbons (Fsp3) is 0.200. The summed E-state index contributed by atoms with van der Waals surface area (Å²) in [6.45, 7) is 2.02. The minimum absolute atomic E-state index is 0.161. The first kappa shape index (κ1) is 15.3. The van der Waals surface area contributed by atoms with Crippen LogP contribution < -0.4 is 15.2 Å². The Kier molecular flexibility index (Phi) is 4.50. The van der Waals surface area contributed by atoms with E-state index < -0.39 is 10.0 Å². The van der Waals surface area contributed by atoms with E-state index in [-0.39, 0.29) is 11.4 Å². The highest BCUT2D eigenvalue weighted by molar-refractivity contribution is 7.89. The van der Waals surface area contributed by atoms with Crippen molar-refractivity contribution in [2.24, 2.45) is 0 Å². The Balaban J connectivity index is 2.15. The molecule has 0 bridgehead atoms. The summed E-state index contributed by atoms with van der Waals surface area (Å²) in [5.74, 6) is 0.686. The van der Waals surface area contributed by atoms with Crippen molar-refractivity contribution in [1.29, 1.82) is 0 Å². The Morgan fingerprint density at radius 2 is 1.95 bits per heavy atom.